The van der Waals surface area contributed by atoms with E-state index in [2.05, 4.69) is 31.9 Å². The molecule has 6 rings (SSSR count). The number of carbonyl (C=O) groups is 8. The van der Waals surface area contributed by atoms with Gasteiger partial charge in [-0.25, -0.2) is 0 Å². The Labute approximate surface area is 637 Å². The summed E-state index contributed by atoms with van der Waals surface area (Å²) < 4.78 is 56.2. The molecule has 5 fully saturated rings. The zero-order chi connectivity index (χ0) is 81.4. The van der Waals surface area contributed by atoms with Crippen molar-refractivity contribution < 1.29 is 173 Å². The normalized spacial score (nSPS) is 32.9. The molecule has 0 aliphatic carbocycles. The second-order valence-electron chi connectivity index (χ2n) is 27.5. The van der Waals surface area contributed by atoms with Gasteiger partial charge >= 0.3 is 0 Å². The fourth-order valence-corrected chi connectivity index (χ4v) is 12.8. The Balaban J connectivity index is 0.994. The molecule has 5 aliphatic rings. The first kappa shape index (κ1) is 93.9. The van der Waals surface area contributed by atoms with Crippen LogP contribution < -0.4 is 37.6 Å². The number of benzene rings is 1. The van der Waals surface area contributed by atoms with Crippen molar-refractivity contribution in [3.8, 4) is 0 Å². The van der Waals surface area contributed by atoms with Crippen molar-refractivity contribution in [3.63, 3.8) is 0 Å². The third-order valence-electron chi connectivity index (χ3n) is 19.1. The van der Waals surface area contributed by atoms with Crippen LogP contribution in [0, 0.1) is 5.92 Å². The van der Waals surface area contributed by atoms with Gasteiger partial charge in [0.25, 0.3) is 0 Å². The van der Waals surface area contributed by atoms with Gasteiger partial charge in [-0.1, -0.05) is 43.2 Å². The average molecular weight is 1600 g/mol. The lowest BCUT2D eigenvalue weighted by atomic mass is 9.91. The minimum atomic E-state index is -1.95. The molecule has 111 heavy (non-hydrogen) atoms. The third-order valence-corrected chi connectivity index (χ3v) is 19.1. The van der Waals surface area contributed by atoms with Crippen molar-refractivity contribution in [2.45, 2.75) is 237 Å². The summed E-state index contributed by atoms with van der Waals surface area (Å²) in [6, 6.07) is 7.24. The summed E-state index contributed by atoms with van der Waals surface area (Å²) in [6.07, 6.45) is -38.7. The molecule has 0 bridgehead atoms. The second kappa shape index (κ2) is 48.4. The molecule has 7 amide bonds. The highest BCUT2D eigenvalue weighted by Crippen LogP contribution is 2.34. The van der Waals surface area contributed by atoms with Gasteiger partial charge in [0.15, 0.2) is 31.5 Å². The number of amides is 7. The molecule has 5 aliphatic heterocycles. The van der Waals surface area contributed by atoms with Gasteiger partial charge in [-0.2, -0.15) is 0 Å². The fourth-order valence-electron chi connectivity index (χ4n) is 12.8. The van der Waals surface area contributed by atoms with Crippen molar-refractivity contribution in [2.75, 3.05) is 98.7 Å². The van der Waals surface area contributed by atoms with E-state index in [0.717, 1.165) is 5.56 Å². The molecular formula is C68H112N8O35. The molecular weight excluding hydrogens is 1490 g/mol. The predicted octanol–water partition coefficient (Wildman–Crippen LogP) is -12.7. The monoisotopic (exact) mass is 1600 g/mol. The topological polar surface area (TPSA) is 674 Å². The van der Waals surface area contributed by atoms with Crippen LogP contribution in [0.1, 0.15) is 76.2 Å². The van der Waals surface area contributed by atoms with Crippen molar-refractivity contribution in [1.29, 1.82) is 0 Å². The van der Waals surface area contributed by atoms with Gasteiger partial charge in [-0.15, -0.1) is 0 Å². The Hall–Kier alpha value is -5.94. The molecule has 5 heterocycles. The maximum absolute atomic E-state index is 13.9. The quantitative estimate of drug-likeness (QED) is 0.0213. The van der Waals surface area contributed by atoms with E-state index >= 15 is 0 Å². The van der Waals surface area contributed by atoms with Gasteiger partial charge < -0.3 is 177 Å². The van der Waals surface area contributed by atoms with Crippen LogP contribution in [0.25, 0.3) is 0 Å². The smallest absolute Gasteiger partial charge is 0.242 e. The maximum atomic E-state index is 13.9. The van der Waals surface area contributed by atoms with Gasteiger partial charge in [0, 0.05) is 45.4 Å². The first-order valence-electron chi connectivity index (χ1n) is 36.9. The summed E-state index contributed by atoms with van der Waals surface area (Å²) in [4.78, 5) is 104. The highest BCUT2D eigenvalue weighted by molar-refractivity contribution is 5.88. The van der Waals surface area contributed by atoms with E-state index in [9.17, 15) is 125 Å². The van der Waals surface area contributed by atoms with E-state index in [0.29, 0.717) is 44.8 Å². The van der Waals surface area contributed by atoms with Gasteiger partial charge in [-0.3, -0.25) is 38.5 Å². The van der Waals surface area contributed by atoms with E-state index in [1.54, 1.807) is 0 Å². The molecule has 25 N–H and O–H groups in total. The van der Waals surface area contributed by atoms with E-state index in [4.69, 9.17) is 53.1 Å². The number of nitrogens with one attached hydrogen (secondary N) is 6. The van der Waals surface area contributed by atoms with Crippen LogP contribution in [0.3, 0.4) is 0 Å². The van der Waals surface area contributed by atoms with Crippen LogP contribution in [0.4, 0.5) is 0 Å². The van der Waals surface area contributed by atoms with Crippen LogP contribution in [0.5, 0.6) is 0 Å². The molecule has 1 aromatic rings. The molecule has 43 nitrogen and oxygen atoms in total. The molecule has 5 saturated heterocycles. The lowest BCUT2D eigenvalue weighted by molar-refractivity contribution is -0.362. The Morgan fingerprint density at radius 3 is 1.40 bits per heavy atom. The Morgan fingerprint density at radius 2 is 0.874 bits per heavy atom. The molecule has 0 spiro atoms. The fraction of sp³-hybridized carbons (Fsp3) is 0.794. The SMILES string of the molecule is NC(=O)CN(CC(=O)NCCCCCC(=O)N[C@H](C=O)Cc1ccccc1)CC(=O)NCCCCCC(=O)N[C@@H](CCCC(=O)NCCO[C@H]1O[C@H](CO[C@H]2O[C@H](CO)[C@@H](O)[C@H](O)[C@@H]2O)[C@@H](O)[C@H](O[C@H]2O[C@H](CO)[C@@H](O)[C@H](O)[C@@H]2CO)[C@@H]1O)C(=O)NCCO[C@H]1O[C@H](CO)[C@@H](O)[C@H](O[C@H]2O[C@H](CO)[C@@H](O)[C@H](O)[C@@H]2O)[C@@H]1O. The number of rotatable bonds is 48. The van der Waals surface area contributed by atoms with Crippen molar-refractivity contribution in [3.05, 3.63) is 35.9 Å². The number of primary amides is 1. The summed E-state index contributed by atoms with van der Waals surface area (Å²) in [7, 11) is 0. The molecule has 634 valence electrons. The average Bonchev–Trinajstić information content (AvgIpc) is 0.787. The number of carbonyl (C=O) groups excluding carboxylic acids is 8. The number of ether oxygens (including phenoxy) is 10. The van der Waals surface area contributed by atoms with Crippen LogP contribution in [0.2, 0.25) is 0 Å². The minimum absolute atomic E-state index is 0.0605. The molecule has 0 radical (unpaired) electrons. The Bertz CT molecular complexity index is 2960. The number of nitrogens with two attached hydrogens (primary N) is 1. The third kappa shape index (κ3) is 29.1. The molecule has 0 aromatic heterocycles. The van der Waals surface area contributed by atoms with Crippen molar-refractivity contribution in [2.24, 2.45) is 11.7 Å². The highest BCUT2D eigenvalue weighted by Gasteiger charge is 2.54. The number of hydrogen-bond donors (Lipinski definition) is 24. The summed E-state index contributed by atoms with van der Waals surface area (Å²) >= 11 is 0. The molecule has 43 heteroatoms. The van der Waals surface area contributed by atoms with Crippen molar-refractivity contribution >= 4 is 47.6 Å². The van der Waals surface area contributed by atoms with Crippen molar-refractivity contribution in [1.82, 2.24) is 36.8 Å². The van der Waals surface area contributed by atoms with Crippen LogP contribution in [-0.2, 0) is 92.1 Å². The van der Waals surface area contributed by atoms with Gasteiger partial charge in [0.2, 0.25) is 41.4 Å². The highest BCUT2D eigenvalue weighted by atomic mass is 16.8. The van der Waals surface area contributed by atoms with Crippen LogP contribution >= 0.6 is 0 Å². The predicted molar refractivity (Wildman–Crippen MR) is 370 cm³/mol. The van der Waals surface area contributed by atoms with E-state index < -0.39 is 260 Å². The minimum Gasteiger partial charge on any atom is -0.396 e. The van der Waals surface area contributed by atoms with Gasteiger partial charge in [0.1, 0.15) is 122 Å². The van der Waals surface area contributed by atoms with E-state index in [-0.39, 0.29) is 83.7 Å². The second-order valence-corrected chi connectivity index (χ2v) is 27.5. The summed E-state index contributed by atoms with van der Waals surface area (Å²) in [5.74, 6) is -5.53. The van der Waals surface area contributed by atoms with E-state index in [1.807, 2.05) is 30.3 Å². The van der Waals surface area contributed by atoms with E-state index in [1.165, 1.54) is 4.90 Å². The van der Waals surface area contributed by atoms with Crippen LogP contribution in [-0.4, -0.2) is 398 Å². The number of nitrogens with zero attached hydrogens (tertiary/aromatic N) is 1. The zero-order valence-electron chi connectivity index (χ0n) is 61.1. The molecule has 0 unspecified atom stereocenters. The molecule has 27 atom stereocenters. The Morgan fingerprint density at radius 1 is 0.432 bits per heavy atom. The van der Waals surface area contributed by atoms with Gasteiger partial charge in [0.05, 0.1) is 90.6 Å². The number of aliphatic hydroxyl groups is 17. The summed E-state index contributed by atoms with van der Waals surface area (Å²) in [6.45, 7) is -7.24. The first-order valence-corrected chi connectivity index (χ1v) is 36.9. The summed E-state index contributed by atoms with van der Waals surface area (Å²) in [5.41, 5.74) is 6.30. The van der Waals surface area contributed by atoms with Gasteiger partial charge in [-0.05, 0) is 50.5 Å². The number of aliphatic hydroxyl groups excluding tert-OH is 17. The van der Waals surface area contributed by atoms with Crippen LogP contribution in [0.15, 0.2) is 30.3 Å². The standard InChI is InChI=1S/C68H112N8O35/c69-43(83)24-76(25-47(87)70-17-8-2-6-14-45(85)74-35(27-77)23-34-11-4-1-5-12-34)26-48(88)71-18-9-3-7-15-46(86)75-37(63(101)73-20-22-103-66-59(99)61(53(93)41(32-82)107-66)111-68-58(98)56(96)52(92)40(31-81)108-68)13-10-16-44(84)72-19-21-102-67-60(100)62(110-64-36(28-78)49(89)50(90)38(29-79)105-64)54(94)42(109-67)33-104-65-57(97)55(95)51(91)39(30-80)106-65/h1,4-5,11-12,27,35-42,49-62,64-68,78-82,89-100H,2-3,6-10,13-26,28-33H2,(H2,69,83)(H,70,87)(H,71,88)(H,72,84)(H,73,101)(H,74,85)(H,75,86)/t35-,36-,37-,38+,39+,40+,41+,42+,49+,50+,51+,52+,53+,54+,55-,56-,57-,58-,59-,60-,61-,62-,64+,65-,66-,67-,68+/m0/s1. The number of aldehydes is 1. The molecule has 1 aromatic carbocycles. The largest absolute Gasteiger partial charge is 0.396 e. The molecule has 0 saturated carbocycles. The Kier molecular flexibility index (Phi) is 41.0. The number of unbranched alkanes of at least 4 members (excludes halogenated alkanes) is 4. The lowest BCUT2D eigenvalue weighted by Gasteiger charge is -2.47. The number of hydrogen-bond acceptors (Lipinski definition) is 36. The summed E-state index contributed by atoms with van der Waals surface area (Å²) in [5, 5.41) is 194. The zero-order valence-corrected chi connectivity index (χ0v) is 61.1. The maximum Gasteiger partial charge on any atom is 0.242 e. The first-order chi connectivity index (χ1) is 53.1. The lowest BCUT2D eigenvalue weighted by Crippen LogP contribution is -2.64.